The van der Waals surface area contributed by atoms with Crippen LogP contribution in [-0.2, 0) is 9.59 Å². The lowest BCUT2D eigenvalue weighted by atomic mass is 9.89. The summed E-state index contributed by atoms with van der Waals surface area (Å²) in [5.41, 5.74) is 1.21. The van der Waals surface area contributed by atoms with Gasteiger partial charge in [0.25, 0.3) is 0 Å². The zero-order valence-electron chi connectivity index (χ0n) is 13.2. The lowest BCUT2D eigenvalue weighted by Gasteiger charge is -2.28. The minimum Gasteiger partial charge on any atom is -0.326 e. The molecule has 0 aromatic heterocycles. The maximum absolute atomic E-state index is 12.2. The second-order valence-electron chi connectivity index (χ2n) is 6.60. The first kappa shape index (κ1) is 16.3. The molecule has 5 nitrogen and oxygen atoms in total. The summed E-state index contributed by atoms with van der Waals surface area (Å²) in [6.07, 6.45) is 5.21. The Morgan fingerprint density at radius 2 is 1.91 bits per heavy atom. The van der Waals surface area contributed by atoms with E-state index >= 15 is 0 Å². The number of anilines is 2. The van der Waals surface area contributed by atoms with Crippen LogP contribution < -0.4 is 16.0 Å². The van der Waals surface area contributed by atoms with Gasteiger partial charge in [-0.3, -0.25) is 9.59 Å². The van der Waals surface area contributed by atoms with Gasteiger partial charge in [0, 0.05) is 31.1 Å². The number of hydrogen-bond donors (Lipinski definition) is 3. The van der Waals surface area contributed by atoms with Gasteiger partial charge in [-0.05, 0) is 49.8 Å². The summed E-state index contributed by atoms with van der Waals surface area (Å²) in [7, 11) is 0. The lowest BCUT2D eigenvalue weighted by Crippen LogP contribution is -2.39. The average molecular weight is 336 g/mol. The van der Waals surface area contributed by atoms with E-state index in [0.717, 1.165) is 12.8 Å². The number of carbonyl (C=O) groups excluding carboxylic acids is 2. The summed E-state index contributed by atoms with van der Waals surface area (Å²) in [6, 6.07) is 6.30. The van der Waals surface area contributed by atoms with Gasteiger partial charge >= 0.3 is 0 Å². The predicted octanol–water partition coefficient (Wildman–Crippen LogP) is 3.16. The third kappa shape index (κ3) is 4.24. The first-order valence-corrected chi connectivity index (χ1v) is 8.50. The van der Waals surface area contributed by atoms with Crippen LogP contribution in [0.25, 0.3) is 0 Å². The van der Waals surface area contributed by atoms with Gasteiger partial charge in [0.2, 0.25) is 11.8 Å². The van der Waals surface area contributed by atoms with E-state index in [1.165, 1.54) is 19.8 Å². The highest BCUT2D eigenvalue weighted by atomic mass is 35.5. The van der Waals surface area contributed by atoms with Crippen molar-refractivity contribution in [3.63, 3.8) is 0 Å². The molecule has 1 aromatic carbocycles. The van der Waals surface area contributed by atoms with Crippen molar-refractivity contribution in [3.8, 4) is 0 Å². The molecule has 2 amide bonds. The number of nitrogens with one attached hydrogen (secondary N) is 3. The summed E-state index contributed by atoms with van der Waals surface area (Å²) in [6.45, 7) is 1.43. The fraction of sp³-hybridized carbons (Fsp3) is 0.529. The van der Waals surface area contributed by atoms with E-state index in [-0.39, 0.29) is 11.8 Å². The van der Waals surface area contributed by atoms with Gasteiger partial charge in [0.1, 0.15) is 0 Å². The third-order valence-corrected chi connectivity index (χ3v) is 4.92. The minimum absolute atomic E-state index is 0.0274. The van der Waals surface area contributed by atoms with Gasteiger partial charge < -0.3 is 16.0 Å². The van der Waals surface area contributed by atoms with E-state index < -0.39 is 0 Å². The van der Waals surface area contributed by atoms with Crippen LogP contribution in [0.2, 0.25) is 5.02 Å². The van der Waals surface area contributed by atoms with Crippen molar-refractivity contribution in [2.75, 3.05) is 10.6 Å². The Morgan fingerprint density at radius 3 is 2.52 bits per heavy atom. The Labute approximate surface area is 141 Å². The molecule has 2 aliphatic rings. The number of amides is 2. The van der Waals surface area contributed by atoms with Crippen molar-refractivity contribution in [2.45, 2.75) is 51.1 Å². The van der Waals surface area contributed by atoms with Crippen molar-refractivity contribution in [3.05, 3.63) is 23.2 Å². The molecule has 2 atom stereocenters. The second-order valence-corrected chi connectivity index (χ2v) is 7.01. The van der Waals surface area contributed by atoms with Crippen molar-refractivity contribution in [2.24, 2.45) is 5.92 Å². The molecule has 0 aliphatic carbocycles. The number of fused-ring (bicyclic) bond motifs is 2. The molecular weight excluding hydrogens is 314 g/mol. The largest absolute Gasteiger partial charge is 0.326 e. The summed E-state index contributed by atoms with van der Waals surface area (Å²) >= 11 is 6.12. The number of benzene rings is 1. The molecule has 2 unspecified atom stereocenters. The van der Waals surface area contributed by atoms with E-state index in [1.807, 2.05) is 0 Å². The van der Waals surface area contributed by atoms with Crippen molar-refractivity contribution in [1.29, 1.82) is 0 Å². The average Bonchev–Trinajstić information content (AvgIpc) is 2.80. The molecule has 2 aliphatic heterocycles. The molecule has 0 saturated carbocycles. The van der Waals surface area contributed by atoms with Gasteiger partial charge in [0.05, 0.1) is 10.7 Å². The highest BCUT2D eigenvalue weighted by Gasteiger charge is 2.34. The quantitative estimate of drug-likeness (QED) is 0.791. The van der Waals surface area contributed by atoms with Crippen LogP contribution >= 0.6 is 11.6 Å². The fourth-order valence-corrected chi connectivity index (χ4v) is 3.93. The van der Waals surface area contributed by atoms with E-state index in [0.29, 0.717) is 40.8 Å². The molecule has 1 aromatic rings. The summed E-state index contributed by atoms with van der Waals surface area (Å²) in [4.78, 5) is 23.3. The second kappa shape index (κ2) is 6.89. The van der Waals surface area contributed by atoms with Gasteiger partial charge in [-0.2, -0.15) is 0 Å². The molecule has 2 saturated heterocycles. The van der Waals surface area contributed by atoms with Crippen molar-refractivity contribution in [1.82, 2.24) is 5.32 Å². The van der Waals surface area contributed by atoms with Crippen molar-refractivity contribution < 1.29 is 9.59 Å². The highest BCUT2D eigenvalue weighted by Crippen LogP contribution is 2.33. The Hall–Kier alpha value is -1.59. The Bertz CT molecular complexity index is 608. The number of rotatable bonds is 4. The molecule has 2 bridgehead atoms. The molecular formula is C17H22ClN3O2. The molecule has 124 valence electrons. The molecule has 2 fully saturated rings. The van der Waals surface area contributed by atoms with E-state index in [4.69, 9.17) is 11.6 Å². The lowest BCUT2D eigenvalue weighted by molar-refractivity contribution is -0.117. The van der Waals surface area contributed by atoms with E-state index in [9.17, 15) is 9.59 Å². The van der Waals surface area contributed by atoms with Crippen LogP contribution in [0.4, 0.5) is 11.4 Å². The molecule has 23 heavy (non-hydrogen) atoms. The van der Waals surface area contributed by atoms with E-state index in [2.05, 4.69) is 16.0 Å². The topological polar surface area (TPSA) is 70.2 Å². The van der Waals surface area contributed by atoms with Crippen molar-refractivity contribution >= 4 is 34.8 Å². The summed E-state index contributed by atoms with van der Waals surface area (Å²) in [5, 5.41) is 9.55. The SMILES string of the molecule is CC(=O)Nc1ccc(NC(=O)CC2CC3CCC(C2)N3)cc1Cl. The monoisotopic (exact) mass is 335 g/mol. The van der Waals surface area contributed by atoms with Gasteiger partial charge in [0.15, 0.2) is 0 Å². The van der Waals surface area contributed by atoms with Crippen LogP contribution in [0.1, 0.15) is 39.0 Å². The molecule has 0 radical (unpaired) electrons. The van der Waals surface area contributed by atoms with E-state index in [1.54, 1.807) is 18.2 Å². The maximum Gasteiger partial charge on any atom is 0.224 e. The predicted molar refractivity (Wildman–Crippen MR) is 91.7 cm³/mol. The Morgan fingerprint density at radius 1 is 1.22 bits per heavy atom. The van der Waals surface area contributed by atoms with Gasteiger partial charge in [-0.1, -0.05) is 11.6 Å². The number of halogens is 1. The Balaban J connectivity index is 1.55. The normalized spacial score (nSPS) is 25.9. The smallest absolute Gasteiger partial charge is 0.224 e. The molecule has 6 heteroatoms. The van der Waals surface area contributed by atoms with Crippen LogP contribution in [0.5, 0.6) is 0 Å². The standard InChI is InChI=1S/C17H22ClN3O2/c1-10(22)19-16-5-4-14(9-15(16)18)21-17(23)8-11-6-12-2-3-13(7-11)20-12/h4-5,9,11-13,20H,2-3,6-8H2,1H3,(H,19,22)(H,21,23). The number of hydrogen-bond acceptors (Lipinski definition) is 3. The summed E-state index contributed by atoms with van der Waals surface area (Å²) < 4.78 is 0. The third-order valence-electron chi connectivity index (χ3n) is 4.61. The maximum atomic E-state index is 12.2. The summed E-state index contributed by atoms with van der Waals surface area (Å²) in [5.74, 6) is 0.312. The Kier molecular flexibility index (Phi) is 4.87. The molecule has 0 spiro atoms. The van der Waals surface area contributed by atoms with Crippen LogP contribution in [-0.4, -0.2) is 23.9 Å². The zero-order valence-corrected chi connectivity index (χ0v) is 14.0. The highest BCUT2D eigenvalue weighted by molar-refractivity contribution is 6.34. The van der Waals surface area contributed by atoms with Gasteiger partial charge in [-0.15, -0.1) is 0 Å². The van der Waals surface area contributed by atoms with Gasteiger partial charge in [-0.25, -0.2) is 0 Å². The first-order valence-electron chi connectivity index (χ1n) is 8.12. The number of piperidine rings is 1. The minimum atomic E-state index is -0.177. The van der Waals surface area contributed by atoms with Crippen LogP contribution in [0.3, 0.4) is 0 Å². The molecule has 3 N–H and O–H groups in total. The fourth-order valence-electron chi connectivity index (χ4n) is 3.70. The first-order chi connectivity index (χ1) is 11.0. The zero-order chi connectivity index (χ0) is 16.4. The number of carbonyl (C=O) groups is 2. The van der Waals surface area contributed by atoms with Crippen LogP contribution in [0.15, 0.2) is 18.2 Å². The van der Waals surface area contributed by atoms with Crippen LogP contribution in [0, 0.1) is 5.92 Å². The molecule has 2 heterocycles. The molecule has 3 rings (SSSR count).